The third-order valence-corrected chi connectivity index (χ3v) is 3.05. The molecule has 2 aromatic carbocycles. The zero-order chi connectivity index (χ0) is 15.6. The Bertz CT molecular complexity index is 689. The normalized spacial score (nSPS) is 10.5. The maximum atomic E-state index is 13.8. The summed E-state index contributed by atoms with van der Waals surface area (Å²) in [6, 6.07) is 7.82. The lowest BCUT2D eigenvalue weighted by atomic mass is 10.1. The Hall–Kier alpha value is -2.50. The van der Waals surface area contributed by atoms with Crippen molar-refractivity contribution in [2.45, 2.75) is 6.54 Å². The highest BCUT2D eigenvalue weighted by Crippen LogP contribution is 2.21. The number of benzene rings is 2. The Labute approximate surface area is 119 Å². The third kappa shape index (κ3) is 2.99. The average Bonchev–Trinajstić information content (AvgIpc) is 2.45. The van der Waals surface area contributed by atoms with Crippen LogP contribution in [0.5, 0.6) is 0 Å². The van der Waals surface area contributed by atoms with E-state index < -0.39 is 28.9 Å². The second kappa shape index (κ2) is 5.87. The molecule has 0 aliphatic heterocycles. The molecule has 6 heteroatoms. The lowest BCUT2D eigenvalue weighted by molar-refractivity contribution is 0.0774. The first-order valence-electron chi connectivity index (χ1n) is 6.14. The van der Waals surface area contributed by atoms with Gasteiger partial charge in [-0.25, -0.2) is 13.2 Å². The molecule has 0 radical (unpaired) electrons. The highest BCUT2D eigenvalue weighted by molar-refractivity contribution is 5.95. The van der Waals surface area contributed by atoms with Crippen LogP contribution in [0.1, 0.15) is 15.9 Å². The van der Waals surface area contributed by atoms with Crippen molar-refractivity contribution in [3.8, 4) is 0 Å². The Morgan fingerprint density at radius 2 is 1.76 bits per heavy atom. The number of carbonyl (C=O) groups excluding carboxylic acids is 1. The van der Waals surface area contributed by atoms with E-state index in [9.17, 15) is 18.0 Å². The van der Waals surface area contributed by atoms with E-state index in [2.05, 4.69) is 0 Å². The van der Waals surface area contributed by atoms with Crippen molar-refractivity contribution in [1.82, 2.24) is 4.90 Å². The van der Waals surface area contributed by atoms with Gasteiger partial charge in [0.15, 0.2) is 5.82 Å². The molecule has 3 nitrogen and oxygen atoms in total. The van der Waals surface area contributed by atoms with Crippen LogP contribution in [-0.2, 0) is 6.54 Å². The zero-order valence-corrected chi connectivity index (χ0v) is 11.2. The summed E-state index contributed by atoms with van der Waals surface area (Å²) in [6.45, 7) is -0.112. The summed E-state index contributed by atoms with van der Waals surface area (Å²) in [7, 11) is 1.33. The molecule has 2 N–H and O–H groups in total. The Kier molecular flexibility index (Phi) is 4.16. The third-order valence-electron chi connectivity index (χ3n) is 3.05. The van der Waals surface area contributed by atoms with Gasteiger partial charge in [0.05, 0.1) is 5.69 Å². The fourth-order valence-corrected chi connectivity index (χ4v) is 1.91. The maximum Gasteiger partial charge on any atom is 0.259 e. The predicted octanol–water partition coefficient (Wildman–Crippen LogP) is 2.96. The zero-order valence-electron chi connectivity index (χ0n) is 11.2. The molecule has 110 valence electrons. The highest BCUT2D eigenvalue weighted by atomic mass is 19.1. The van der Waals surface area contributed by atoms with Crippen molar-refractivity contribution in [3.05, 3.63) is 65.0 Å². The quantitative estimate of drug-likeness (QED) is 0.885. The Balaban J connectivity index is 2.29. The monoisotopic (exact) mass is 294 g/mol. The number of amides is 1. The second-order valence-electron chi connectivity index (χ2n) is 4.58. The van der Waals surface area contributed by atoms with E-state index in [-0.39, 0.29) is 17.8 Å². The topological polar surface area (TPSA) is 46.3 Å². The lowest BCUT2D eigenvalue weighted by Crippen LogP contribution is -2.28. The molecule has 0 atom stereocenters. The number of hydrogen-bond donors (Lipinski definition) is 1. The van der Waals surface area contributed by atoms with Crippen molar-refractivity contribution in [2.24, 2.45) is 0 Å². The van der Waals surface area contributed by atoms with E-state index in [0.717, 1.165) is 17.0 Å². The van der Waals surface area contributed by atoms with Gasteiger partial charge in [-0.05, 0) is 18.2 Å². The van der Waals surface area contributed by atoms with E-state index in [1.165, 1.54) is 25.2 Å². The summed E-state index contributed by atoms with van der Waals surface area (Å²) in [4.78, 5) is 13.1. The molecule has 0 saturated heterocycles. The van der Waals surface area contributed by atoms with Gasteiger partial charge in [0, 0.05) is 19.2 Å². The van der Waals surface area contributed by atoms with Crippen LogP contribution < -0.4 is 5.73 Å². The first-order valence-corrected chi connectivity index (χ1v) is 6.14. The molecule has 0 fully saturated rings. The van der Waals surface area contributed by atoms with Crippen molar-refractivity contribution >= 4 is 11.6 Å². The smallest absolute Gasteiger partial charge is 0.259 e. The van der Waals surface area contributed by atoms with Crippen LogP contribution in [0, 0.1) is 17.5 Å². The van der Waals surface area contributed by atoms with E-state index in [1.807, 2.05) is 0 Å². The fraction of sp³-hybridized carbons (Fsp3) is 0.133. The largest absolute Gasteiger partial charge is 0.396 e. The summed E-state index contributed by atoms with van der Waals surface area (Å²) in [5, 5.41) is 0. The fourth-order valence-electron chi connectivity index (χ4n) is 1.91. The van der Waals surface area contributed by atoms with Crippen molar-refractivity contribution < 1.29 is 18.0 Å². The SMILES string of the molecule is CN(Cc1ccccc1F)C(=O)c1c(F)ccc(N)c1F. The molecule has 0 heterocycles. The van der Waals surface area contributed by atoms with Crippen LogP contribution in [0.3, 0.4) is 0 Å². The van der Waals surface area contributed by atoms with Crippen LogP contribution in [0.15, 0.2) is 36.4 Å². The van der Waals surface area contributed by atoms with Gasteiger partial charge in [-0.3, -0.25) is 4.79 Å². The number of halogens is 3. The number of nitrogens with zero attached hydrogens (tertiary/aromatic N) is 1. The maximum absolute atomic E-state index is 13.8. The predicted molar refractivity (Wildman–Crippen MR) is 73.0 cm³/mol. The minimum absolute atomic E-state index is 0.112. The molecule has 2 aromatic rings. The number of rotatable bonds is 3. The average molecular weight is 294 g/mol. The molecule has 0 aliphatic rings. The molecular weight excluding hydrogens is 281 g/mol. The standard InChI is InChI=1S/C15H13F3N2O/c1-20(8-9-4-2-3-5-10(9)16)15(21)13-11(17)6-7-12(19)14(13)18/h2-7H,8,19H2,1H3. The molecule has 0 saturated carbocycles. The number of hydrogen-bond acceptors (Lipinski definition) is 2. The van der Waals surface area contributed by atoms with Crippen LogP contribution in [0.2, 0.25) is 0 Å². The van der Waals surface area contributed by atoms with Crippen molar-refractivity contribution in [2.75, 3.05) is 12.8 Å². The van der Waals surface area contributed by atoms with Gasteiger partial charge in [0.1, 0.15) is 17.2 Å². The van der Waals surface area contributed by atoms with Gasteiger partial charge in [-0.15, -0.1) is 0 Å². The molecule has 1 amide bonds. The van der Waals surface area contributed by atoms with Crippen molar-refractivity contribution in [3.63, 3.8) is 0 Å². The number of anilines is 1. The number of carbonyl (C=O) groups is 1. The van der Waals surface area contributed by atoms with Gasteiger partial charge < -0.3 is 10.6 Å². The first kappa shape index (κ1) is 14.9. The van der Waals surface area contributed by atoms with Crippen LogP contribution in [-0.4, -0.2) is 17.9 Å². The van der Waals surface area contributed by atoms with Crippen LogP contribution in [0.25, 0.3) is 0 Å². The molecule has 21 heavy (non-hydrogen) atoms. The summed E-state index contributed by atoms with van der Waals surface area (Å²) < 4.78 is 41.0. The number of nitrogens with two attached hydrogens (primary N) is 1. The van der Waals surface area contributed by atoms with Gasteiger partial charge in [0.25, 0.3) is 5.91 Å². The summed E-state index contributed by atoms with van der Waals surface area (Å²) in [6.07, 6.45) is 0. The van der Waals surface area contributed by atoms with Crippen molar-refractivity contribution in [1.29, 1.82) is 0 Å². The second-order valence-corrected chi connectivity index (χ2v) is 4.58. The summed E-state index contributed by atoms with van der Waals surface area (Å²) in [5.74, 6) is -3.52. The molecule has 0 aromatic heterocycles. The molecule has 0 unspecified atom stereocenters. The molecule has 2 rings (SSSR count). The Morgan fingerprint density at radius 3 is 2.43 bits per heavy atom. The highest BCUT2D eigenvalue weighted by Gasteiger charge is 2.23. The summed E-state index contributed by atoms with van der Waals surface area (Å²) in [5.41, 5.74) is 4.52. The van der Waals surface area contributed by atoms with Gasteiger partial charge >= 0.3 is 0 Å². The van der Waals surface area contributed by atoms with Crippen LogP contribution in [0.4, 0.5) is 18.9 Å². The lowest BCUT2D eigenvalue weighted by Gasteiger charge is -2.18. The Morgan fingerprint density at radius 1 is 1.10 bits per heavy atom. The molecular formula is C15H13F3N2O. The van der Waals surface area contributed by atoms with Crippen LogP contribution >= 0.6 is 0 Å². The van der Waals surface area contributed by atoms with E-state index in [4.69, 9.17) is 5.73 Å². The van der Waals surface area contributed by atoms with Gasteiger partial charge in [-0.2, -0.15) is 0 Å². The first-order chi connectivity index (χ1) is 9.91. The minimum Gasteiger partial charge on any atom is -0.396 e. The molecule has 0 bridgehead atoms. The van der Waals surface area contributed by atoms with E-state index in [0.29, 0.717) is 0 Å². The van der Waals surface area contributed by atoms with E-state index >= 15 is 0 Å². The minimum atomic E-state index is -1.11. The van der Waals surface area contributed by atoms with Gasteiger partial charge in [0.2, 0.25) is 0 Å². The molecule has 0 spiro atoms. The van der Waals surface area contributed by atoms with E-state index in [1.54, 1.807) is 6.07 Å². The summed E-state index contributed by atoms with van der Waals surface area (Å²) >= 11 is 0. The van der Waals surface area contributed by atoms with Gasteiger partial charge in [-0.1, -0.05) is 18.2 Å². The number of nitrogen functional groups attached to an aromatic ring is 1. The molecule has 0 aliphatic carbocycles.